The Kier molecular flexibility index (Phi) is 2.95. The van der Waals surface area contributed by atoms with E-state index < -0.39 is 11.2 Å². The van der Waals surface area contributed by atoms with Gasteiger partial charge in [0.2, 0.25) is 0 Å². The van der Waals surface area contributed by atoms with Gasteiger partial charge >= 0.3 is 11.2 Å². The molecule has 0 radical (unpaired) electrons. The highest BCUT2D eigenvalue weighted by atomic mass is 16.5. The molecule has 0 unspecified atom stereocenters. The van der Waals surface area contributed by atoms with E-state index in [0.29, 0.717) is 16.7 Å². The largest absolute Gasteiger partial charge is 0.421 e. The SMILES string of the molecule is O=c1cnn(-c2cnc3nn(-c4cccnc4)cc3c2)c(=O)n1O. The van der Waals surface area contributed by atoms with E-state index in [1.54, 1.807) is 35.4 Å². The summed E-state index contributed by atoms with van der Waals surface area (Å²) in [6.07, 6.45) is 7.25. The van der Waals surface area contributed by atoms with E-state index in [-0.39, 0.29) is 4.73 Å². The summed E-state index contributed by atoms with van der Waals surface area (Å²) in [5.41, 5.74) is -0.372. The van der Waals surface area contributed by atoms with Crippen molar-refractivity contribution in [2.75, 3.05) is 0 Å². The molecule has 0 aliphatic carbocycles. The number of aromatic nitrogens is 7. The molecular weight excluding hydrogens is 314 g/mol. The molecule has 0 aliphatic heterocycles. The normalized spacial score (nSPS) is 11.0. The van der Waals surface area contributed by atoms with Crippen molar-refractivity contribution in [1.82, 2.24) is 34.3 Å². The second kappa shape index (κ2) is 5.12. The number of hydrogen-bond donors (Lipinski definition) is 1. The highest BCUT2D eigenvalue weighted by molar-refractivity contribution is 5.76. The fraction of sp³-hybridized carbons (Fsp3) is 0. The van der Waals surface area contributed by atoms with Gasteiger partial charge in [-0.05, 0) is 18.2 Å². The van der Waals surface area contributed by atoms with Gasteiger partial charge in [-0.3, -0.25) is 9.78 Å². The van der Waals surface area contributed by atoms with Crippen LogP contribution in [-0.2, 0) is 0 Å². The van der Waals surface area contributed by atoms with E-state index in [1.807, 2.05) is 6.07 Å². The first kappa shape index (κ1) is 13.8. The lowest BCUT2D eigenvalue weighted by Crippen LogP contribution is -2.38. The van der Waals surface area contributed by atoms with Gasteiger partial charge < -0.3 is 5.21 Å². The minimum Gasteiger partial charge on any atom is -0.421 e. The van der Waals surface area contributed by atoms with E-state index in [4.69, 9.17) is 0 Å². The minimum atomic E-state index is -0.983. The van der Waals surface area contributed by atoms with Crippen LogP contribution in [0.4, 0.5) is 0 Å². The predicted octanol–water partition coefficient (Wildman–Crippen LogP) is -0.240. The van der Waals surface area contributed by atoms with E-state index in [2.05, 4.69) is 20.2 Å². The van der Waals surface area contributed by atoms with Crippen molar-refractivity contribution in [2.45, 2.75) is 0 Å². The Hall–Kier alpha value is -3.82. The van der Waals surface area contributed by atoms with Crippen molar-refractivity contribution >= 4 is 11.0 Å². The zero-order chi connectivity index (χ0) is 16.7. The fourth-order valence-electron chi connectivity index (χ4n) is 2.21. The first-order chi connectivity index (χ1) is 11.6. The van der Waals surface area contributed by atoms with Crippen molar-refractivity contribution in [3.63, 3.8) is 0 Å². The zero-order valence-corrected chi connectivity index (χ0v) is 12.0. The first-order valence-corrected chi connectivity index (χ1v) is 6.80. The molecule has 0 amide bonds. The third kappa shape index (κ3) is 2.13. The third-order valence-electron chi connectivity index (χ3n) is 3.35. The summed E-state index contributed by atoms with van der Waals surface area (Å²) in [4.78, 5) is 31.3. The molecule has 4 aromatic heterocycles. The zero-order valence-electron chi connectivity index (χ0n) is 12.0. The van der Waals surface area contributed by atoms with Crippen LogP contribution < -0.4 is 11.2 Å². The molecule has 1 N–H and O–H groups in total. The maximum atomic E-state index is 11.9. The van der Waals surface area contributed by atoms with E-state index in [1.165, 1.54) is 6.20 Å². The van der Waals surface area contributed by atoms with Gasteiger partial charge in [0, 0.05) is 17.8 Å². The molecular formula is C14H9N7O3. The topological polar surface area (TPSA) is 121 Å². The molecule has 0 saturated heterocycles. The minimum absolute atomic E-state index is 0.0176. The van der Waals surface area contributed by atoms with Gasteiger partial charge in [-0.25, -0.2) is 14.5 Å². The van der Waals surface area contributed by atoms with Crippen molar-refractivity contribution < 1.29 is 5.21 Å². The second-order valence-corrected chi connectivity index (χ2v) is 4.88. The molecule has 0 aliphatic rings. The standard InChI is InChI=1S/C14H9N7O3/c22-12-7-17-20(14(23)21(12)24)11-4-9-8-19(18-13(9)16-6-11)10-2-1-3-15-5-10/h1-8,24H. The highest BCUT2D eigenvalue weighted by Gasteiger charge is 2.10. The third-order valence-corrected chi connectivity index (χ3v) is 3.35. The summed E-state index contributed by atoms with van der Waals surface area (Å²) in [5.74, 6) is 0. The highest BCUT2D eigenvalue weighted by Crippen LogP contribution is 2.15. The van der Waals surface area contributed by atoms with Crippen LogP contribution in [0.25, 0.3) is 22.4 Å². The summed E-state index contributed by atoms with van der Waals surface area (Å²) >= 11 is 0. The maximum Gasteiger partial charge on any atom is 0.385 e. The van der Waals surface area contributed by atoms with E-state index in [0.717, 1.165) is 16.6 Å². The van der Waals surface area contributed by atoms with Crippen molar-refractivity contribution in [3.05, 3.63) is 70.0 Å². The maximum absolute atomic E-state index is 11.9. The summed E-state index contributed by atoms with van der Waals surface area (Å²) in [6, 6.07) is 5.25. The smallest absolute Gasteiger partial charge is 0.385 e. The Balaban J connectivity index is 1.86. The van der Waals surface area contributed by atoms with Gasteiger partial charge in [0.15, 0.2) is 5.65 Å². The van der Waals surface area contributed by atoms with Gasteiger partial charge in [0.05, 0.1) is 23.8 Å². The quantitative estimate of drug-likeness (QED) is 0.505. The summed E-state index contributed by atoms with van der Waals surface area (Å²) in [5, 5.41) is 18.1. The number of nitrogens with zero attached hydrogens (tertiary/aromatic N) is 7. The Morgan fingerprint density at radius 1 is 1.08 bits per heavy atom. The lowest BCUT2D eigenvalue weighted by Gasteiger charge is -2.03. The van der Waals surface area contributed by atoms with Gasteiger partial charge in [-0.1, -0.05) is 4.73 Å². The fourth-order valence-corrected chi connectivity index (χ4v) is 2.21. The van der Waals surface area contributed by atoms with E-state index >= 15 is 0 Å². The molecule has 0 spiro atoms. The number of fused-ring (bicyclic) bond motifs is 1. The molecule has 4 aromatic rings. The first-order valence-electron chi connectivity index (χ1n) is 6.80. The molecule has 4 heterocycles. The van der Waals surface area contributed by atoms with Crippen LogP contribution in [0.1, 0.15) is 0 Å². The average Bonchev–Trinajstić information content (AvgIpc) is 3.04. The van der Waals surface area contributed by atoms with Crippen LogP contribution in [0.5, 0.6) is 0 Å². The van der Waals surface area contributed by atoms with Gasteiger partial charge in [-0.2, -0.15) is 9.78 Å². The monoisotopic (exact) mass is 323 g/mol. The molecule has 24 heavy (non-hydrogen) atoms. The Bertz CT molecular complexity index is 1160. The summed E-state index contributed by atoms with van der Waals surface area (Å²) in [7, 11) is 0. The summed E-state index contributed by atoms with van der Waals surface area (Å²) < 4.78 is 2.46. The average molecular weight is 323 g/mol. The Morgan fingerprint density at radius 2 is 1.96 bits per heavy atom. The Labute approximate surface area is 132 Å². The molecule has 0 fully saturated rings. The predicted molar refractivity (Wildman–Crippen MR) is 81.5 cm³/mol. The Morgan fingerprint density at radius 3 is 2.75 bits per heavy atom. The van der Waals surface area contributed by atoms with Crippen LogP contribution in [0.2, 0.25) is 0 Å². The molecule has 4 rings (SSSR count). The number of hydrogen-bond acceptors (Lipinski definition) is 7. The van der Waals surface area contributed by atoms with Gasteiger partial charge in [0.25, 0.3) is 0 Å². The molecule has 10 nitrogen and oxygen atoms in total. The van der Waals surface area contributed by atoms with Crippen LogP contribution in [-0.4, -0.2) is 39.5 Å². The number of pyridine rings is 2. The molecule has 10 heteroatoms. The van der Waals surface area contributed by atoms with Crippen LogP contribution >= 0.6 is 0 Å². The van der Waals surface area contributed by atoms with Crippen LogP contribution in [0.3, 0.4) is 0 Å². The van der Waals surface area contributed by atoms with Crippen LogP contribution in [0.15, 0.2) is 58.8 Å². The second-order valence-electron chi connectivity index (χ2n) is 4.88. The molecule has 0 atom stereocenters. The summed E-state index contributed by atoms with van der Waals surface area (Å²) in [6.45, 7) is 0. The van der Waals surface area contributed by atoms with Gasteiger partial charge in [-0.15, -0.1) is 5.10 Å². The van der Waals surface area contributed by atoms with Crippen molar-refractivity contribution in [3.8, 4) is 11.4 Å². The molecule has 0 saturated carbocycles. The molecule has 118 valence electrons. The van der Waals surface area contributed by atoms with Crippen molar-refractivity contribution in [2.24, 2.45) is 0 Å². The van der Waals surface area contributed by atoms with E-state index in [9.17, 15) is 14.8 Å². The molecule has 0 bridgehead atoms. The number of rotatable bonds is 2. The van der Waals surface area contributed by atoms with Gasteiger partial charge in [0.1, 0.15) is 6.20 Å². The lowest BCUT2D eigenvalue weighted by molar-refractivity contribution is 0.154. The van der Waals surface area contributed by atoms with Crippen LogP contribution in [0, 0.1) is 0 Å². The lowest BCUT2D eigenvalue weighted by atomic mass is 10.3. The molecule has 0 aromatic carbocycles. The van der Waals surface area contributed by atoms with Crippen molar-refractivity contribution in [1.29, 1.82) is 0 Å².